The fourth-order valence-corrected chi connectivity index (χ4v) is 3.46. The Bertz CT molecular complexity index is 619. The topological polar surface area (TPSA) is 60.4 Å². The Morgan fingerprint density at radius 2 is 2.00 bits per heavy atom. The van der Waals surface area contributed by atoms with Gasteiger partial charge < -0.3 is 19.2 Å². The van der Waals surface area contributed by atoms with Crippen LogP contribution in [0, 0.1) is 0 Å². The summed E-state index contributed by atoms with van der Waals surface area (Å²) >= 11 is 7.37. The lowest BCUT2D eigenvalue weighted by atomic mass is 10.1. The van der Waals surface area contributed by atoms with Gasteiger partial charge in [0.25, 0.3) is 0 Å². The number of piperidine rings is 1. The quantitative estimate of drug-likeness (QED) is 0.397. The molecular formula is C18H27ClN2O4S. The summed E-state index contributed by atoms with van der Waals surface area (Å²) in [6, 6.07) is 3.76. The number of likely N-dealkylation sites (tertiary alicyclic amines) is 1. The number of nitrogens with zero attached hydrogens (tertiary/aromatic N) is 2. The zero-order chi connectivity index (χ0) is 19.2. The summed E-state index contributed by atoms with van der Waals surface area (Å²) in [5.74, 6) is 0. The Hall–Kier alpha value is -1.31. The second-order valence-corrected chi connectivity index (χ2v) is 8.87. The van der Waals surface area contributed by atoms with Crippen molar-refractivity contribution in [3.8, 4) is 0 Å². The molecular weight excluding hydrogens is 376 g/mol. The van der Waals surface area contributed by atoms with Crippen LogP contribution in [0.1, 0.15) is 45.4 Å². The van der Waals surface area contributed by atoms with E-state index in [2.05, 4.69) is 5.16 Å². The second kappa shape index (κ2) is 9.58. The zero-order valence-corrected chi connectivity index (χ0v) is 17.4. The highest BCUT2D eigenvalue weighted by Gasteiger charge is 2.27. The van der Waals surface area contributed by atoms with Gasteiger partial charge in [0.05, 0.1) is 27.6 Å². The molecule has 8 heteroatoms. The number of amides is 1. The molecule has 1 fully saturated rings. The molecule has 146 valence electrons. The summed E-state index contributed by atoms with van der Waals surface area (Å²) in [5, 5.41) is 4.08. The predicted molar refractivity (Wildman–Crippen MR) is 104 cm³/mol. The maximum Gasteiger partial charge on any atom is 0.410 e. The summed E-state index contributed by atoms with van der Waals surface area (Å²) < 4.78 is 11.9. The molecule has 0 aliphatic carbocycles. The van der Waals surface area contributed by atoms with Crippen molar-refractivity contribution in [3.63, 3.8) is 0 Å². The monoisotopic (exact) mass is 402 g/mol. The molecule has 1 aliphatic heterocycles. The highest BCUT2D eigenvalue weighted by Crippen LogP contribution is 2.22. The molecule has 26 heavy (non-hydrogen) atoms. The van der Waals surface area contributed by atoms with E-state index in [0.29, 0.717) is 26.3 Å². The van der Waals surface area contributed by atoms with Gasteiger partial charge in [-0.25, -0.2) is 4.79 Å². The van der Waals surface area contributed by atoms with Gasteiger partial charge in [-0.1, -0.05) is 16.8 Å². The van der Waals surface area contributed by atoms with Gasteiger partial charge in [-0.05, 0) is 52.7 Å². The van der Waals surface area contributed by atoms with Gasteiger partial charge in [-0.3, -0.25) is 0 Å². The standard InChI is InChI=1S/C18H27ClN2O4S/c1-13(15-5-6-16(19)26-15)20-24-12-11-23-14-7-9-21(10-8-14)17(22)25-18(2,3)4/h5-6,14H,7-12H2,1-4H3/b20-13-. The Morgan fingerprint density at radius 1 is 1.31 bits per heavy atom. The normalized spacial score (nSPS) is 16.7. The molecule has 1 saturated heterocycles. The number of thiophene rings is 1. The van der Waals surface area contributed by atoms with Crippen LogP contribution >= 0.6 is 22.9 Å². The number of carbonyl (C=O) groups is 1. The van der Waals surface area contributed by atoms with E-state index in [0.717, 1.165) is 27.8 Å². The Labute approximate surface area is 164 Å². The van der Waals surface area contributed by atoms with E-state index in [4.69, 9.17) is 25.9 Å². The number of carbonyl (C=O) groups excluding carboxylic acids is 1. The highest BCUT2D eigenvalue weighted by molar-refractivity contribution is 7.18. The van der Waals surface area contributed by atoms with E-state index in [-0.39, 0.29) is 12.2 Å². The van der Waals surface area contributed by atoms with E-state index >= 15 is 0 Å². The molecule has 1 aromatic rings. The molecule has 1 aromatic heterocycles. The largest absolute Gasteiger partial charge is 0.444 e. The van der Waals surface area contributed by atoms with Gasteiger partial charge in [-0.15, -0.1) is 11.3 Å². The van der Waals surface area contributed by atoms with Gasteiger partial charge in [0.15, 0.2) is 0 Å². The summed E-state index contributed by atoms with van der Waals surface area (Å²) in [5.41, 5.74) is 0.335. The van der Waals surface area contributed by atoms with Gasteiger partial charge in [0, 0.05) is 13.1 Å². The first kappa shape index (κ1) is 21.0. The highest BCUT2D eigenvalue weighted by atomic mass is 35.5. The van der Waals surface area contributed by atoms with Crippen LogP contribution in [0.5, 0.6) is 0 Å². The van der Waals surface area contributed by atoms with E-state index < -0.39 is 5.60 Å². The number of halogens is 1. The van der Waals surface area contributed by atoms with Crippen molar-refractivity contribution in [2.45, 2.75) is 52.2 Å². The van der Waals surface area contributed by atoms with Crippen LogP contribution in [0.4, 0.5) is 4.79 Å². The van der Waals surface area contributed by atoms with E-state index in [1.807, 2.05) is 39.8 Å². The third-order valence-corrected chi connectivity index (χ3v) is 5.09. The molecule has 0 bridgehead atoms. The number of rotatable bonds is 6. The first-order chi connectivity index (χ1) is 12.2. The van der Waals surface area contributed by atoms with Crippen molar-refractivity contribution in [2.75, 3.05) is 26.3 Å². The van der Waals surface area contributed by atoms with E-state index in [1.54, 1.807) is 4.90 Å². The van der Waals surface area contributed by atoms with E-state index in [9.17, 15) is 4.79 Å². The first-order valence-electron chi connectivity index (χ1n) is 8.76. The molecule has 1 amide bonds. The SMILES string of the molecule is C/C(=N/OCCOC1CCN(C(=O)OC(C)(C)C)CC1)c1ccc(Cl)s1. The molecule has 2 heterocycles. The lowest BCUT2D eigenvalue weighted by Crippen LogP contribution is -2.43. The lowest BCUT2D eigenvalue weighted by Gasteiger charge is -2.33. The average Bonchev–Trinajstić information content (AvgIpc) is 3.00. The van der Waals surface area contributed by atoms with Crippen molar-refractivity contribution in [2.24, 2.45) is 5.16 Å². The minimum atomic E-state index is -0.463. The van der Waals surface area contributed by atoms with Crippen LogP contribution in [0.25, 0.3) is 0 Å². The van der Waals surface area contributed by atoms with Gasteiger partial charge in [-0.2, -0.15) is 0 Å². The molecule has 0 N–H and O–H groups in total. The van der Waals surface area contributed by atoms with Crippen molar-refractivity contribution in [1.82, 2.24) is 4.90 Å². The number of ether oxygens (including phenoxy) is 2. The van der Waals surface area contributed by atoms with Crippen molar-refractivity contribution in [3.05, 3.63) is 21.3 Å². The van der Waals surface area contributed by atoms with Crippen molar-refractivity contribution >= 4 is 34.7 Å². The smallest absolute Gasteiger partial charge is 0.410 e. The number of hydrogen-bond donors (Lipinski definition) is 0. The fourth-order valence-electron chi connectivity index (χ4n) is 2.48. The van der Waals surface area contributed by atoms with Crippen LogP contribution in [-0.4, -0.2) is 54.7 Å². The van der Waals surface area contributed by atoms with Gasteiger partial charge >= 0.3 is 6.09 Å². The molecule has 0 radical (unpaired) electrons. The summed E-state index contributed by atoms with van der Waals surface area (Å²) in [7, 11) is 0. The summed E-state index contributed by atoms with van der Waals surface area (Å²) in [6.45, 7) is 9.67. The van der Waals surface area contributed by atoms with Gasteiger partial charge in [0.1, 0.15) is 12.2 Å². The third kappa shape index (κ3) is 7.13. The van der Waals surface area contributed by atoms with Gasteiger partial charge in [0.2, 0.25) is 0 Å². The predicted octanol–water partition coefficient (Wildman–Crippen LogP) is 4.56. The van der Waals surface area contributed by atoms with Crippen LogP contribution in [0.3, 0.4) is 0 Å². The maximum atomic E-state index is 12.0. The molecule has 2 rings (SSSR count). The molecule has 0 unspecified atom stereocenters. The summed E-state index contributed by atoms with van der Waals surface area (Å²) in [4.78, 5) is 20.1. The van der Waals surface area contributed by atoms with E-state index in [1.165, 1.54) is 11.3 Å². The van der Waals surface area contributed by atoms with Crippen LogP contribution in [0.15, 0.2) is 17.3 Å². The zero-order valence-electron chi connectivity index (χ0n) is 15.8. The average molecular weight is 403 g/mol. The first-order valence-corrected chi connectivity index (χ1v) is 9.96. The molecule has 0 spiro atoms. The molecule has 1 aliphatic rings. The maximum absolute atomic E-state index is 12.0. The Morgan fingerprint density at radius 3 is 2.58 bits per heavy atom. The fraction of sp³-hybridized carbons (Fsp3) is 0.667. The number of hydrogen-bond acceptors (Lipinski definition) is 6. The number of oxime groups is 1. The molecule has 0 aromatic carbocycles. The molecule has 6 nitrogen and oxygen atoms in total. The summed E-state index contributed by atoms with van der Waals surface area (Å²) in [6.07, 6.45) is 1.49. The van der Waals surface area contributed by atoms with Crippen molar-refractivity contribution < 1.29 is 19.1 Å². The lowest BCUT2D eigenvalue weighted by molar-refractivity contribution is -0.0287. The Balaban J connectivity index is 1.61. The minimum Gasteiger partial charge on any atom is -0.444 e. The third-order valence-electron chi connectivity index (χ3n) is 3.75. The van der Waals surface area contributed by atoms with Crippen molar-refractivity contribution in [1.29, 1.82) is 0 Å². The molecule has 0 saturated carbocycles. The van der Waals surface area contributed by atoms with Crippen LogP contribution in [-0.2, 0) is 14.3 Å². The minimum absolute atomic E-state index is 0.137. The van der Waals surface area contributed by atoms with Crippen LogP contribution in [0.2, 0.25) is 4.34 Å². The van der Waals surface area contributed by atoms with Crippen LogP contribution < -0.4 is 0 Å². The second-order valence-electron chi connectivity index (χ2n) is 7.15. The Kier molecular flexibility index (Phi) is 7.73. The molecule has 0 atom stereocenters.